The van der Waals surface area contributed by atoms with Crippen LogP contribution in [0.1, 0.15) is 29.9 Å². The predicted molar refractivity (Wildman–Crippen MR) is 82.3 cm³/mol. The van der Waals surface area contributed by atoms with Crippen LogP contribution >= 0.6 is 11.6 Å². The zero-order valence-corrected chi connectivity index (χ0v) is 12.5. The Hall–Kier alpha value is -1.81. The number of aryl methyl sites for hydroxylation is 1. The molecule has 1 fully saturated rings. The number of aromatic nitrogens is 2. The van der Waals surface area contributed by atoms with E-state index >= 15 is 0 Å². The summed E-state index contributed by atoms with van der Waals surface area (Å²) in [6, 6.07) is 7.95. The molecule has 1 N–H and O–H groups in total. The Bertz CT molecular complexity index is 612. The van der Waals surface area contributed by atoms with Crippen molar-refractivity contribution in [2.45, 2.75) is 25.2 Å². The van der Waals surface area contributed by atoms with Crippen LogP contribution in [-0.2, 0) is 11.2 Å². The summed E-state index contributed by atoms with van der Waals surface area (Å²) in [5.41, 5.74) is 2.31. The van der Waals surface area contributed by atoms with Crippen LogP contribution in [0.3, 0.4) is 0 Å². The number of hydrogen-bond acceptors (Lipinski definition) is 2. The molecule has 1 amide bonds. The number of aromatic amines is 1. The Kier molecular flexibility index (Phi) is 4.25. The van der Waals surface area contributed by atoms with Gasteiger partial charge in [0.05, 0.1) is 6.20 Å². The minimum atomic E-state index is 0.223. The van der Waals surface area contributed by atoms with Gasteiger partial charge in [0.25, 0.3) is 0 Å². The van der Waals surface area contributed by atoms with E-state index in [-0.39, 0.29) is 5.91 Å². The Balaban J connectivity index is 1.55. The molecule has 21 heavy (non-hydrogen) atoms. The van der Waals surface area contributed by atoms with Crippen LogP contribution in [0, 0.1) is 0 Å². The summed E-state index contributed by atoms with van der Waals surface area (Å²) < 4.78 is 0. The van der Waals surface area contributed by atoms with Gasteiger partial charge in [-0.1, -0.05) is 23.7 Å². The standard InChI is InChI=1S/C16H18ClN3O/c17-15-3-1-2-13(8-15)14-6-7-20(11-14)16(21)5-4-12-9-18-19-10-12/h1-3,8-10,14H,4-7,11H2,(H,18,19)/t14-/m0/s1. The summed E-state index contributed by atoms with van der Waals surface area (Å²) >= 11 is 6.04. The number of nitrogens with one attached hydrogen (secondary N) is 1. The number of halogens is 1. The molecule has 1 aliphatic rings. The third-order valence-electron chi connectivity index (χ3n) is 4.04. The molecule has 0 saturated carbocycles. The normalized spacial score (nSPS) is 18.1. The fraction of sp³-hybridized carbons (Fsp3) is 0.375. The third kappa shape index (κ3) is 3.45. The van der Waals surface area contributed by atoms with E-state index in [1.807, 2.05) is 29.3 Å². The van der Waals surface area contributed by atoms with Gasteiger partial charge in [0.1, 0.15) is 0 Å². The molecule has 0 aliphatic carbocycles. The number of nitrogens with zero attached hydrogens (tertiary/aromatic N) is 2. The number of hydrogen-bond donors (Lipinski definition) is 1. The molecule has 4 nitrogen and oxygen atoms in total. The summed E-state index contributed by atoms with van der Waals surface area (Å²) in [5.74, 6) is 0.627. The summed E-state index contributed by atoms with van der Waals surface area (Å²) in [5, 5.41) is 7.43. The molecule has 0 spiro atoms. The molecule has 1 aromatic carbocycles. The smallest absolute Gasteiger partial charge is 0.222 e. The van der Waals surface area contributed by atoms with E-state index in [0.29, 0.717) is 12.3 Å². The number of benzene rings is 1. The van der Waals surface area contributed by atoms with Gasteiger partial charge in [-0.05, 0) is 36.1 Å². The topological polar surface area (TPSA) is 49.0 Å². The average molecular weight is 304 g/mol. The maximum atomic E-state index is 12.3. The van der Waals surface area contributed by atoms with E-state index in [1.165, 1.54) is 5.56 Å². The number of H-pyrrole nitrogens is 1. The Morgan fingerprint density at radius 1 is 1.48 bits per heavy atom. The van der Waals surface area contributed by atoms with Crippen molar-refractivity contribution in [1.29, 1.82) is 0 Å². The molecule has 1 aromatic heterocycles. The largest absolute Gasteiger partial charge is 0.342 e. The SMILES string of the molecule is O=C(CCc1cn[nH]c1)N1CC[C@H](c2cccc(Cl)c2)C1. The zero-order chi connectivity index (χ0) is 14.7. The van der Waals surface area contributed by atoms with Crippen molar-refractivity contribution in [3.63, 3.8) is 0 Å². The second-order valence-corrected chi connectivity index (χ2v) is 5.92. The van der Waals surface area contributed by atoms with Gasteiger partial charge in [-0.3, -0.25) is 9.89 Å². The molecular weight excluding hydrogens is 286 g/mol. The number of carbonyl (C=O) groups is 1. The second kappa shape index (κ2) is 6.31. The van der Waals surface area contributed by atoms with Crippen LogP contribution in [0.15, 0.2) is 36.7 Å². The molecule has 0 radical (unpaired) electrons. The van der Waals surface area contributed by atoms with E-state index in [2.05, 4.69) is 16.3 Å². The maximum Gasteiger partial charge on any atom is 0.222 e. The van der Waals surface area contributed by atoms with Gasteiger partial charge in [-0.15, -0.1) is 0 Å². The zero-order valence-electron chi connectivity index (χ0n) is 11.8. The van der Waals surface area contributed by atoms with Crippen molar-refractivity contribution in [3.8, 4) is 0 Å². The van der Waals surface area contributed by atoms with E-state index < -0.39 is 0 Å². The van der Waals surface area contributed by atoms with Crippen LogP contribution in [-0.4, -0.2) is 34.1 Å². The van der Waals surface area contributed by atoms with Crippen molar-refractivity contribution in [2.75, 3.05) is 13.1 Å². The van der Waals surface area contributed by atoms with Crippen molar-refractivity contribution < 1.29 is 4.79 Å². The van der Waals surface area contributed by atoms with E-state index in [9.17, 15) is 4.79 Å². The third-order valence-corrected chi connectivity index (χ3v) is 4.28. The first-order valence-electron chi connectivity index (χ1n) is 7.23. The van der Waals surface area contributed by atoms with Gasteiger partial charge in [0.2, 0.25) is 5.91 Å². The van der Waals surface area contributed by atoms with Crippen molar-refractivity contribution in [1.82, 2.24) is 15.1 Å². The Labute approximate surface area is 129 Å². The molecule has 1 aliphatic heterocycles. The molecule has 1 atom stereocenters. The van der Waals surface area contributed by atoms with Gasteiger partial charge in [-0.2, -0.15) is 5.10 Å². The summed E-state index contributed by atoms with van der Waals surface area (Å²) in [4.78, 5) is 14.2. The molecular formula is C16H18ClN3O. The first-order valence-corrected chi connectivity index (χ1v) is 7.61. The highest BCUT2D eigenvalue weighted by molar-refractivity contribution is 6.30. The van der Waals surface area contributed by atoms with Crippen molar-refractivity contribution in [2.24, 2.45) is 0 Å². The quantitative estimate of drug-likeness (QED) is 0.944. The lowest BCUT2D eigenvalue weighted by molar-refractivity contribution is -0.130. The molecule has 110 valence electrons. The Morgan fingerprint density at radius 3 is 3.14 bits per heavy atom. The minimum Gasteiger partial charge on any atom is -0.342 e. The van der Waals surface area contributed by atoms with E-state index in [0.717, 1.165) is 36.5 Å². The van der Waals surface area contributed by atoms with Crippen LogP contribution in [0.25, 0.3) is 0 Å². The number of likely N-dealkylation sites (tertiary alicyclic amines) is 1. The van der Waals surface area contributed by atoms with Gasteiger partial charge in [0.15, 0.2) is 0 Å². The summed E-state index contributed by atoms with van der Waals surface area (Å²) in [6.45, 7) is 1.63. The number of carbonyl (C=O) groups excluding carboxylic acids is 1. The van der Waals surface area contributed by atoms with Crippen LogP contribution < -0.4 is 0 Å². The first kappa shape index (κ1) is 14.1. The van der Waals surface area contributed by atoms with Gasteiger partial charge in [0, 0.05) is 36.6 Å². The van der Waals surface area contributed by atoms with Gasteiger partial charge < -0.3 is 4.90 Å². The average Bonchev–Trinajstić information content (AvgIpc) is 3.16. The second-order valence-electron chi connectivity index (χ2n) is 5.49. The highest BCUT2D eigenvalue weighted by atomic mass is 35.5. The Morgan fingerprint density at radius 2 is 2.38 bits per heavy atom. The maximum absolute atomic E-state index is 12.3. The summed E-state index contributed by atoms with van der Waals surface area (Å²) in [6.07, 6.45) is 5.91. The minimum absolute atomic E-state index is 0.223. The van der Waals surface area contributed by atoms with Crippen LogP contribution in [0.4, 0.5) is 0 Å². The summed E-state index contributed by atoms with van der Waals surface area (Å²) in [7, 11) is 0. The highest BCUT2D eigenvalue weighted by Gasteiger charge is 2.27. The molecule has 3 rings (SSSR count). The lowest BCUT2D eigenvalue weighted by atomic mass is 9.99. The van der Waals surface area contributed by atoms with E-state index in [4.69, 9.17) is 11.6 Å². The lowest BCUT2D eigenvalue weighted by Gasteiger charge is -2.16. The fourth-order valence-corrected chi connectivity index (χ4v) is 3.04. The fourth-order valence-electron chi connectivity index (χ4n) is 2.84. The van der Waals surface area contributed by atoms with Crippen LogP contribution in [0.5, 0.6) is 0 Å². The highest BCUT2D eigenvalue weighted by Crippen LogP contribution is 2.29. The molecule has 0 bridgehead atoms. The number of amides is 1. The van der Waals surface area contributed by atoms with Crippen molar-refractivity contribution >= 4 is 17.5 Å². The van der Waals surface area contributed by atoms with Gasteiger partial charge in [-0.25, -0.2) is 0 Å². The predicted octanol–water partition coefficient (Wildman–Crippen LogP) is 3.01. The molecule has 2 heterocycles. The molecule has 1 saturated heterocycles. The van der Waals surface area contributed by atoms with E-state index in [1.54, 1.807) is 6.20 Å². The monoisotopic (exact) mass is 303 g/mol. The van der Waals surface area contributed by atoms with Crippen LogP contribution in [0.2, 0.25) is 5.02 Å². The first-order chi connectivity index (χ1) is 10.2. The van der Waals surface area contributed by atoms with Crippen molar-refractivity contribution in [3.05, 3.63) is 52.8 Å². The molecule has 2 aromatic rings. The number of rotatable bonds is 4. The molecule has 0 unspecified atom stereocenters. The van der Waals surface area contributed by atoms with Gasteiger partial charge >= 0.3 is 0 Å². The lowest BCUT2D eigenvalue weighted by Crippen LogP contribution is -2.28. The molecule has 5 heteroatoms.